The van der Waals surface area contributed by atoms with E-state index in [1.54, 1.807) is 18.2 Å². The van der Waals surface area contributed by atoms with E-state index in [1.165, 1.54) is 0 Å². The van der Waals surface area contributed by atoms with Gasteiger partial charge in [-0.1, -0.05) is 59.9 Å². The van der Waals surface area contributed by atoms with Crippen molar-refractivity contribution in [2.45, 2.75) is 60.5 Å². The van der Waals surface area contributed by atoms with Crippen LogP contribution in [0.5, 0.6) is 0 Å². The van der Waals surface area contributed by atoms with Gasteiger partial charge in [0.05, 0.1) is 11.6 Å². The molecule has 0 fully saturated rings. The summed E-state index contributed by atoms with van der Waals surface area (Å²) in [5.74, 6) is 1.66. The number of hydrogen-bond acceptors (Lipinski definition) is 3. The quantitative estimate of drug-likeness (QED) is 0.346. The number of aryl methyl sites for hydroxylation is 1. The third kappa shape index (κ3) is 8.45. The molecule has 0 saturated heterocycles. The average Bonchev–Trinajstić information content (AvgIpc) is 3.07. The molecule has 3 heteroatoms. The van der Waals surface area contributed by atoms with Crippen molar-refractivity contribution in [2.24, 2.45) is 0 Å². The van der Waals surface area contributed by atoms with Crippen LogP contribution in [-0.4, -0.2) is 5.75 Å². The Morgan fingerprint density at radius 2 is 1.88 bits per heavy atom. The number of ether oxygens (including phenoxy) is 1. The Hall–Kier alpha value is -1.92. The van der Waals surface area contributed by atoms with Gasteiger partial charge in [-0.2, -0.15) is 17.9 Å². The summed E-state index contributed by atoms with van der Waals surface area (Å²) in [6.07, 6.45) is 6.96. The Kier molecular flexibility index (Phi) is 16.7. The van der Waals surface area contributed by atoms with Gasteiger partial charge >= 0.3 is 0 Å². The third-order valence-electron chi connectivity index (χ3n) is 3.31. The van der Waals surface area contributed by atoms with E-state index in [0.717, 1.165) is 40.8 Å². The van der Waals surface area contributed by atoms with Crippen LogP contribution in [0.25, 0.3) is 0 Å². The minimum atomic E-state index is 0.00574. The lowest BCUT2D eigenvalue weighted by Crippen LogP contribution is -2.00. The molecule has 1 aromatic rings. The maximum Gasteiger partial charge on any atom is 0.124 e. The highest BCUT2D eigenvalue weighted by Crippen LogP contribution is 2.37. The zero-order valence-corrected chi connectivity index (χ0v) is 18.2. The SMILES string of the molecule is C=C/C=C(\C=C)OC1CCc2c(C#N)cc(C)cc21.CC.CC.CCS. The summed E-state index contributed by atoms with van der Waals surface area (Å²) >= 11 is 3.79. The molecule has 1 aliphatic rings. The number of rotatable bonds is 4. The predicted octanol–water partition coefficient (Wildman–Crippen LogP) is 7.12. The van der Waals surface area contributed by atoms with E-state index < -0.39 is 0 Å². The van der Waals surface area contributed by atoms with Gasteiger partial charge in [0.2, 0.25) is 0 Å². The summed E-state index contributed by atoms with van der Waals surface area (Å²) in [6.45, 7) is 19.4. The molecule has 0 saturated carbocycles. The molecule has 2 nitrogen and oxygen atoms in total. The lowest BCUT2D eigenvalue weighted by Gasteiger charge is -2.16. The minimum absolute atomic E-state index is 0.00574. The van der Waals surface area contributed by atoms with Gasteiger partial charge in [-0.25, -0.2) is 0 Å². The topological polar surface area (TPSA) is 33.0 Å². The van der Waals surface area contributed by atoms with E-state index in [9.17, 15) is 5.26 Å². The third-order valence-corrected chi connectivity index (χ3v) is 3.31. The Labute approximate surface area is 166 Å². The van der Waals surface area contributed by atoms with Crippen LogP contribution in [-0.2, 0) is 11.2 Å². The largest absolute Gasteiger partial charge is 0.486 e. The van der Waals surface area contributed by atoms with Gasteiger partial charge in [-0.15, -0.1) is 0 Å². The van der Waals surface area contributed by atoms with Crippen molar-refractivity contribution in [2.75, 3.05) is 5.75 Å². The second-order valence-corrected chi connectivity index (χ2v) is 5.59. The number of allylic oxidation sites excluding steroid dienone is 3. The molecule has 0 amide bonds. The Morgan fingerprint density at radius 3 is 2.35 bits per heavy atom. The summed E-state index contributed by atoms with van der Waals surface area (Å²) in [4.78, 5) is 0. The van der Waals surface area contributed by atoms with Gasteiger partial charge < -0.3 is 4.74 Å². The van der Waals surface area contributed by atoms with E-state index in [1.807, 2.05) is 47.6 Å². The molecule has 144 valence electrons. The number of nitrogens with zero attached hydrogens (tertiary/aromatic N) is 1. The fourth-order valence-corrected chi connectivity index (χ4v) is 2.50. The standard InChI is InChI=1S/C17H17NO.C2H6S.2C2H6/c1-4-6-14(5-2)19-17-8-7-15-13(11-18)9-12(3)10-16(15)17;1-2-3;2*1-2/h4-6,9-10,17H,1-2,7-8H2,3H3;3H,2H2,1H3;2*1-2H3/b14-6+;;;. The van der Waals surface area contributed by atoms with Crippen molar-refractivity contribution in [3.63, 3.8) is 0 Å². The van der Waals surface area contributed by atoms with Crippen molar-refractivity contribution in [3.05, 3.63) is 71.5 Å². The molecule has 1 aliphatic carbocycles. The predicted molar refractivity (Wildman–Crippen MR) is 119 cm³/mol. The van der Waals surface area contributed by atoms with Gasteiger partial charge in [0.15, 0.2) is 0 Å². The second kappa shape index (κ2) is 16.5. The molecule has 0 aliphatic heterocycles. The van der Waals surface area contributed by atoms with Crippen molar-refractivity contribution in [1.82, 2.24) is 0 Å². The summed E-state index contributed by atoms with van der Waals surface area (Å²) < 4.78 is 5.94. The van der Waals surface area contributed by atoms with Crippen LogP contribution in [0.4, 0.5) is 0 Å². The fraction of sp³-hybridized carbons (Fsp3) is 0.435. The maximum absolute atomic E-state index is 9.19. The molecule has 0 radical (unpaired) electrons. The van der Waals surface area contributed by atoms with Crippen LogP contribution in [0.2, 0.25) is 0 Å². The van der Waals surface area contributed by atoms with Crippen LogP contribution in [0, 0.1) is 18.3 Å². The number of nitriles is 1. The maximum atomic E-state index is 9.19. The lowest BCUT2D eigenvalue weighted by atomic mass is 10.0. The molecule has 0 N–H and O–H groups in total. The Morgan fingerprint density at radius 1 is 1.31 bits per heavy atom. The molecule has 1 atom stereocenters. The summed E-state index contributed by atoms with van der Waals surface area (Å²) in [5.41, 5.74) is 4.13. The first-order valence-corrected chi connectivity index (χ1v) is 10.0. The molecule has 2 rings (SSSR count). The summed E-state index contributed by atoms with van der Waals surface area (Å²) in [7, 11) is 0. The van der Waals surface area contributed by atoms with Gasteiger partial charge in [0.25, 0.3) is 0 Å². The fourth-order valence-electron chi connectivity index (χ4n) is 2.50. The van der Waals surface area contributed by atoms with E-state index in [0.29, 0.717) is 5.76 Å². The first-order chi connectivity index (χ1) is 12.6. The molecule has 0 heterocycles. The van der Waals surface area contributed by atoms with E-state index in [-0.39, 0.29) is 6.10 Å². The summed E-state index contributed by atoms with van der Waals surface area (Å²) in [6, 6.07) is 6.33. The smallest absolute Gasteiger partial charge is 0.124 e. The van der Waals surface area contributed by atoms with Crippen molar-refractivity contribution in [1.29, 1.82) is 5.26 Å². The highest BCUT2D eigenvalue weighted by Gasteiger charge is 2.26. The van der Waals surface area contributed by atoms with E-state index in [4.69, 9.17) is 4.74 Å². The van der Waals surface area contributed by atoms with Crippen molar-refractivity contribution >= 4 is 12.6 Å². The molecular weight excluding hydrogens is 338 g/mol. The van der Waals surface area contributed by atoms with Gasteiger partial charge in [0, 0.05) is 0 Å². The minimum Gasteiger partial charge on any atom is -0.486 e. The normalized spacial score (nSPS) is 13.9. The van der Waals surface area contributed by atoms with Crippen molar-refractivity contribution in [3.8, 4) is 6.07 Å². The number of fused-ring (bicyclic) bond motifs is 1. The Balaban J connectivity index is 0. The second-order valence-electron chi connectivity index (χ2n) is 4.96. The zero-order chi connectivity index (χ0) is 20.5. The molecule has 0 bridgehead atoms. The van der Waals surface area contributed by atoms with E-state index in [2.05, 4.69) is 37.9 Å². The van der Waals surface area contributed by atoms with Gasteiger partial charge in [-0.3, -0.25) is 0 Å². The number of thiol groups is 1. The lowest BCUT2D eigenvalue weighted by molar-refractivity contribution is 0.128. The van der Waals surface area contributed by atoms with E-state index >= 15 is 0 Å². The molecule has 1 unspecified atom stereocenters. The van der Waals surface area contributed by atoms with Crippen molar-refractivity contribution < 1.29 is 4.74 Å². The van der Waals surface area contributed by atoms with Crippen LogP contribution >= 0.6 is 12.6 Å². The number of hydrogen-bond donors (Lipinski definition) is 1. The first kappa shape index (κ1) is 26.3. The zero-order valence-electron chi connectivity index (χ0n) is 17.3. The molecular formula is C23H35NOS. The molecule has 0 spiro atoms. The van der Waals surface area contributed by atoms with Crippen LogP contribution in [0.15, 0.2) is 49.3 Å². The first-order valence-electron chi connectivity index (χ1n) is 9.37. The van der Waals surface area contributed by atoms with Gasteiger partial charge in [-0.05, 0) is 60.4 Å². The monoisotopic (exact) mass is 373 g/mol. The average molecular weight is 374 g/mol. The Bertz CT molecular complexity index is 611. The molecule has 1 aromatic carbocycles. The number of benzene rings is 1. The molecule has 0 aromatic heterocycles. The molecule has 26 heavy (non-hydrogen) atoms. The van der Waals surface area contributed by atoms with Crippen LogP contribution in [0.3, 0.4) is 0 Å². The highest BCUT2D eigenvalue weighted by atomic mass is 32.1. The van der Waals surface area contributed by atoms with Gasteiger partial charge in [0.1, 0.15) is 11.9 Å². The van der Waals surface area contributed by atoms with Crippen LogP contribution < -0.4 is 0 Å². The highest BCUT2D eigenvalue weighted by molar-refractivity contribution is 7.80. The van der Waals surface area contributed by atoms with Crippen LogP contribution in [0.1, 0.15) is 69.4 Å². The summed E-state index contributed by atoms with van der Waals surface area (Å²) in [5, 5.41) is 9.19.